The summed E-state index contributed by atoms with van der Waals surface area (Å²) in [4.78, 5) is 26.6. The van der Waals surface area contributed by atoms with E-state index in [0.29, 0.717) is 18.0 Å². The van der Waals surface area contributed by atoms with Crippen molar-refractivity contribution in [3.05, 3.63) is 34.3 Å². The number of likely N-dealkylation sites (tertiary alicyclic amines) is 1. The highest BCUT2D eigenvalue weighted by molar-refractivity contribution is 9.10. The van der Waals surface area contributed by atoms with E-state index < -0.39 is 5.60 Å². The molecule has 1 saturated heterocycles. The van der Waals surface area contributed by atoms with Crippen LogP contribution >= 0.6 is 15.9 Å². The molecule has 1 N–H and O–H groups in total. The summed E-state index contributed by atoms with van der Waals surface area (Å²) >= 11 is 3.37. The van der Waals surface area contributed by atoms with E-state index in [2.05, 4.69) is 21.2 Å². The molecule has 0 spiro atoms. The molecule has 5 nitrogen and oxygen atoms in total. The van der Waals surface area contributed by atoms with Crippen LogP contribution in [0, 0.1) is 5.92 Å². The van der Waals surface area contributed by atoms with E-state index >= 15 is 0 Å². The first-order chi connectivity index (χ1) is 11.2. The van der Waals surface area contributed by atoms with Crippen molar-refractivity contribution in [2.75, 3.05) is 6.54 Å². The number of rotatable bonds is 3. The Morgan fingerprint density at radius 1 is 1.33 bits per heavy atom. The van der Waals surface area contributed by atoms with Gasteiger partial charge in [0, 0.05) is 22.6 Å². The normalized spacial score (nSPS) is 25.2. The summed E-state index contributed by atoms with van der Waals surface area (Å²) in [5, 5.41) is 2.95. The molecular weight excluding hydrogens is 372 g/mol. The molecule has 24 heavy (non-hydrogen) atoms. The molecular formula is C18H23BrN2O3. The Labute approximate surface area is 150 Å². The molecule has 1 heterocycles. The van der Waals surface area contributed by atoms with Crippen LogP contribution in [0.4, 0.5) is 4.79 Å². The van der Waals surface area contributed by atoms with Crippen LogP contribution in [0.15, 0.2) is 28.7 Å². The molecule has 0 aromatic heterocycles. The molecule has 1 aromatic rings. The molecule has 1 aliphatic heterocycles. The smallest absolute Gasteiger partial charge is 0.410 e. The van der Waals surface area contributed by atoms with Gasteiger partial charge in [-0.05, 0) is 57.7 Å². The average molecular weight is 395 g/mol. The minimum atomic E-state index is -0.506. The maximum absolute atomic E-state index is 12.5. The zero-order chi connectivity index (χ0) is 17.5. The summed E-state index contributed by atoms with van der Waals surface area (Å²) in [6, 6.07) is 7.57. The molecule has 1 aromatic carbocycles. The third kappa shape index (κ3) is 3.91. The molecule has 3 atom stereocenters. The van der Waals surface area contributed by atoms with E-state index in [9.17, 15) is 9.59 Å². The highest BCUT2D eigenvalue weighted by atomic mass is 79.9. The van der Waals surface area contributed by atoms with Crippen molar-refractivity contribution in [1.29, 1.82) is 0 Å². The molecule has 3 rings (SSSR count). The van der Waals surface area contributed by atoms with Gasteiger partial charge in [0.15, 0.2) is 0 Å². The van der Waals surface area contributed by atoms with Crippen LogP contribution in [0.3, 0.4) is 0 Å². The Kier molecular flexibility index (Phi) is 4.60. The van der Waals surface area contributed by atoms with Gasteiger partial charge in [0.05, 0.1) is 6.04 Å². The van der Waals surface area contributed by atoms with Gasteiger partial charge in [-0.25, -0.2) is 4.79 Å². The number of halogens is 1. The van der Waals surface area contributed by atoms with Crippen LogP contribution < -0.4 is 5.32 Å². The predicted molar refractivity (Wildman–Crippen MR) is 94.8 cm³/mol. The Morgan fingerprint density at radius 3 is 2.75 bits per heavy atom. The number of hydrogen-bond donors (Lipinski definition) is 1. The summed E-state index contributed by atoms with van der Waals surface area (Å²) in [6.45, 7) is 6.07. The molecule has 2 amide bonds. The maximum atomic E-state index is 12.5. The lowest BCUT2D eigenvalue weighted by Gasteiger charge is -2.30. The van der Waals surface area contributed by atoms with Crippen LogP contribution in [-0.2, 0) is 4.74 Å². The monoisotopic (exact) mass is 394 g/mol. The molecule has 0 unspecified atom stereocenters. The highest BCUT2D eigenvalue weighted by Crippen LogP contribution is 2.48. The molecule has 1 aliphatic carbocycles. The number of nitrogens with one attached hydrogen (secondary N) is 1. The predicted octanol–water partition coefficient (Wildman–Crippen LogP) is 3.58. The van der Waals surface area contributed by atoms with E-state index in [1.807, 2.05) is 37.8 Å². The lowest BCUT2D eigenvalue weighted by molar-refractivity contribution is 0.0183. The second-order valence-corrected chi connectivity index (χ2v) is 8.48. The van der Waals surface area contributed by atoms with Crippen molar-refractivity contribution >= 4 is 27.9 Å². The van der Waals surface area contributed by atoms with Crippen molar-refractivity contribution < 1.29 is 14.3 Å². The fraction of sp³-hybridized carbons (Fsp3) is 0.556. The standard InChI is InChI=1S/C18H23BrN2O3/c1-18(2,3)24-17(23)21-14(8-12-9-15(12)21)10-20-16(22)11-5-4-6-13(19)7-11/h4-7,12,14-15H,8-10H2,1-3H3,(H,20,22)/t12-,14+,15+/m1/s1. The van der Waals surface area contributed by atoms with E-state index in [-0.39, 0.29) is 24.1 Å². The number of benzene rings is 1. The van der Waals surface area contributed by atoms with Gasteiger partial charge in [-0.3, -0.25) is 4.79 Å². The van der Waals surface area contributed by atoms with Gasteiger partial charge in [-0.2, -0.15) is 0 Å². The van der Waals surface area contributed by atoms with Crippen LogP contribution in [-0.4, -0.2) is 41.1 Å². The van der Waals surface area contributed by atoms with Gasteiger partial charge in [0.25, 0.3) is 5.91 Å². The molecule has 0 radical (unpaired) electrons. The number of hydrogen-bond acceptors (Lipinski definition) is 3. The first-order valence-corrected chi connectivity index (χ1v) is 9.09. The number of ether oxygens (including phenoxy) is 1. The van der Waals surface area contributed by atoms with Gasteiger partial charge in [-0.1, -0.05) is 22.0 Å². The minimum Gasteiger partial charge on any atom is -0.444 e. The Bertz CT molecular complexity index is 656. The lowest BCUT2D eigenvalue weighted by atomic mass is 10.1. The van der Waals surface area contributed by atoms with Crippen molar-refractivity contribution in [3.63, 3.8) is 0 Å². The molecule has 0 bridgehead atoms. The minimum absolute atomic E-state index is 0.0136. The fourth-order valence-corrected chi connectivity index (χ4v) is 3.68. The molecule has 1 saturated carbocycles. The average Bonchev–Trinajstić information content (AvgIpc) is 3.13. The summed E-state index contributed by atoms with van der Waals surface area (Å²) in [6.07, 6.45) is 1.71. The summed E-state index contributed by atoms with van der Waals surface area (Å²) in [5.74, 6) is 0.436. The van der Waals surface area contributed by atoms with Crippen molar-refractivity contribution in [1.82, 2.24) is 10.2 Å². The van der Waals surface area contributed by atoms with Crippen LogP contribution in [0.25, 0.3) is 0 Å². The first-order valence-electron chi connectivity index (χ1n) is 8.29. The number of nitrogens with zero attached hydrogens (tertiary/aromatic N) is 1. The zero-order valence-electron chi connectivity index (χ0n) is 14.2. The molecule has 130 valence electrons. The molecule has 2 fully saturated rings. The largest absolute Gasteiger partial charge is 0.444 e. The lowest BCUT2D eigenvalue weighted by Crippen LogP contribution is -2.47. The number of piperidine rings is 1. The number of carbonyl (C=O) groups excluding carboxylic acids is 2. The quantitative estimate of drug-likeness (QED) is 0.851. The second kappa shape index (κ2) is 6.39. The van der Waals surface area contributed by atoms with Crippen LogP contribution in [0.5, 0.6) is 0 Å². The zero-order valence-corrected chi connectivity index (χ0v) is 15.8. The van der Waals surface area contributed by atoms with Gasteiger partial charge in [0.1, 0.15) is 5.60 Å². The van der Waals surface area contributed by atoms with E-state index in [0.717, 1.165) is 17.3 Å². The van der Waals surface area contributed by atoms with E-state index in [1.165, 1.54) is 0 Å². The summed E-state index contributed by atoms with van der Waals surface area (Å²) in [5.41, 5.74) is 0.102. The van der Waals surface area contributed by atoms with Crippen molar-refractivity contribution in [3.8, 4) is 0 Å². The summed E-state index contributed by atoms with van der Waals surface area (Å²) < 4.78 is 6.39. The number of carbonyl (C=O) groups is 2. The van der Waals surface area contributed by atoms with E-state index in [1.54, 1.807) is 12.1 Å². The van der Waals surface area contributed by atoms with Crippen LogP contribution in [0.1, 0.15) is 44.0 Å². The third-order valence-corrected chi connectivity index (χ3v) is 4.89. The Balaban J connectivity index is 1.60. The third-order valence-electron chi connectivity index (χ3n) is 4.40. The van der Waals surface area contributed by atoms with Crippen LogP contribution in [0.2, 0.25) is 0 Å². The maximum Gasteiger partial charge on any atom is 0.410 e. The Morgan fingerprint density at radius 2 is 2.08 bits per heavy atom. The highest BCUT2D eigenvalue weighted by Gasteiger charge is 2.54. The molecule has 2 aliphatic rings. The second-order valence-electron chi connectivity index (χ2n) is 7.56. The van der Waals surface area contributed by atoms with Gasteiger partial charge >= 0.3 is 6.09 Å². The van der Waals surface area contributed by atoms with E-state index in [4.69, 9.17) is 4.74 Å². The topological polar surface area (TPSA) is 58.6 Å². The van der Waals surface area contributed by atoms with Gasteiger partial charge < -0.3 is 15.0 Å². The Hall–Kier alpha value is -1.56. The van der Waals surface area contributed by atoms with Crippen molar-refractivity contribution in [2.24, 2.45) is 5.92 Å². The fourth-order valence-electron chi connectivity index (χ4n) is 3.28. The van der Waals surface area contributed by atoms with Crippen molar-refractivity contribution in [2.45, 2.75) is 51.3 Å². The number of fused-ring (bicyclic) bond motifs is 1. The first kappa shape index (κ1) is 17.3. The summed E-state index contributed by atoms with van der Waals surface area (Å²) in [7, 11) is 0. The SMILES string of the molecule is CC(C)(C)OC(=O)N1[C@H](CNC(=O)c2cccc(Br)c2)C[C@@H]2C[C@@H]21. The van der Waals surface area contributed by atoms with Gasteiger partial charge in [0.2, 0.25) is 0 Å². The molecule has 6 heteroatoms. The number of amides is 2. The van der Waals surface area contributed by atoms with Gasteiger partial charge in [-0.15, -0.1) is 0 Å².